The summed E-state index contributed by atoms with van der Waals surface area (Å²) >= 11 is 12.1. The molecule has 1 saturated heterocycles. The highest BCUT2D eigenvalue weighted by atomic mass is 35.5. The summed E-state index contributed by atoms with van der Waals surface area (Å²) in [5, 5.41) is 10.2. The summed E-state index contributed by atoms with van der Waals surface area (Å²) in [5.74, 6) is -0.767. The predicted molar refractivity (Wildman–Crippen MR) is 89.6 cm³/mol. The number of hydrogen-bond donors (Lipinski definition) is 1. The minimum Gasteiger partial charge on any atom is -0.480 e. The Morgan fingerprint density at radius 1 is 1.27 bits per heavy atom. The fourth-order valence-electron chi connectivity index (χ4n) is 3.04. The molecule has 1 heterocycles. The van der Waals surface area contributed by atoms with Crippen LogP contribution in [0.25, 0.3) is 0 Å². The van der Waals surface area contributed by atoms with Gasteiger partial charge in [0.15, 0.2) is 0 Å². The van der Waals surface area contributed by atoms with Gasteiger partial charge in [0, 0.05) is 22.6 Å². The van der Waals surface area contributed by atoms with Crippen LogP contribution in [0, 0.1) is 0 Å². The van der Waals surface area contributed by atoms with E-state index in [1.807, 2.05) is 24.1 Å². The Hall–Kier alpha value is -0.810. The fourth-order valence-corrected chi connectivity index (χ4v) is 3.61. The Morgan fingerprint density at radius 3 is 2.59 bits per heavy atom. The number of carbonyl (C=O) groups is 1. The molecule has 0 bridgehead atoms. The topological polar surface area (TPSA) is 43.8 Å². The van der Waals surface area contributed by atoms with E-state index in [0.717, 1.165) is 44.5 Å². The van der Waals surface area contributed by atoms with E-state index in [2.05, 4.69) is 4.90 Å². The van der Waals surface area contributed by atoms with E-state index in [9.17, 15) is 4.79 Å². The van der Waals surface area contributed by atoms with Gasteiger partial charge in [-0.2, -0.15) is 0 Å². The lowest BCUT2D eigenvalue weighted by atomic mass is 10.1. The maximum Gasteiger partial charge on any atom is 0.317 e. The summed E-state index contributed by atoms with van der Waals surface area (Å²) in [5.41, 5.74) is 1.12. The molecule has 122 valence electrons. The monoisotopic (exact) mass is 344 g/mol. The summed E-state index contributed by atoms with van der Waals surface area (Å²) in [7, 11) is 1.89. The van der Waals surface area contributed by atoms with E-state index in [1.54, 1.807) is 6.07 Å². The number of likely N-dealkylation sites (tertiary alicyclic amines) is 1. The first-order chi connectivity index (χ1) is 10.4. The van der Waals surface area contributed by atoms with Crippen molar-refractivity contribution in [2.75, 3.05) is 26.7 Å². The van der Waals surface area contributed by atoms with E-state index in [1.165, 1.54) is 0 Å². The molecule has 0 spiro atoms. The van der Waals surface area contributed by atoms with Crippen LogP contribution < -0.4 is 0 Å². The second-order valence-corrected chi connectivity index (χ2v) is 6.82. The van der Waals surface area contributed by atoms with Gasteiger partial charge in [0.1, 0.15) is 0 Å². The molecule has 4 nitrogen and oxygen atoms in total. The number of nitrogens with zero attached hydrogens (tertiary/aromatic N) is 2. The zero-order valence-electron chi connectivity index (χ0n) is 12.8. The molecule has 2 rings (SSSR count). The number of rotatable bonds is 5. The van der Waals surface area contributed by atoms with Crippen molar-refractivity contribution in [1.82, 2.24) is 9.80 Å². The molecule has 1 fully saturated rings. The van der Waals surface area contributed by atoms with Gasteiger partial charge in [0.05, 0.1) is 6.54 Å². The molecule has 1 aromatic rings. The van der Waals surface area contributed by atoms with E-state index in [-0.39, 0.29) is 6.54 Å². The van der Waals surface area contributed by atoms with Crippen LogP contribution in [-0.4, -0.2) is 53.6 Å². The molecule has 1 unspecified atom stereocenters. The number of carboxylic acid groups (broad SMARTS) is 1. The van der Waals surface area contributed by atoms with Crippen LogP contribution >= 0.6 is 23.2 Å². The highest BCUT2D eigenvalue weighted by molar-refractivity contribution is 6.34. The first-order valence-electron chi connectivity index (χ1n) is 7.53. The summed E-state index contributed by atoms with van der Waals surface area (Å²) in [4.78, 5) is 15.2. The third-order valence-corrected chi connectivity index (χ3v) is 4.56. The molecule has 0 aliphatic carbocycles. The van der Waals surface area contributed by atoms with Gasteiger partial charge in [0.2, 0.25) is 0 Å². The van der Waals surface area contributed by atoms with E-state index in [4.69, 9.17) is 28.3 Å². The number of carboxylic acids is 1. The van der Waals surface area contributed by atoms with Crippen LogP contribution in [0.15, 0.2) is 18.2 Å². The van der Waals surface area contributed by atoms with Crippen LogP contribution in [0.2, 0.25) is 10.0 Å². The van der Waals surface area contributed by atoms with Gasteiger partial charge in [-0.15, -0.1) is 0 Å². The zero-order chi connectivity index (χ0) is 16.1. The Bertz CT molecular complexity index is 505. The van der Waals surface area contributed by atoms with E-state index in [0.29, 0.717) is 16.1 Å². The number of hydrogen-bond acceptors (Lipinski definition) is 3. The summed E-state index contributed by atoms with van der Waals surface area (Å²) in [6.07, 6.45) is 3.09. The first kappa shape index (κ1) is 17.5. The molecule has 22 heavy (non-hydrogen) atoms. The molecule has 0 amide bonds. The minimum absolute atomic E-state index is 0.106. The number of aliphatic carboxylic acids is 1. The molecular weight excluding hydrogens is 323 g/mol. The smallest absolute Gasteiger partial charge is 0.317 e. The summed E-state index contributed by atoms with van der Waals surface area (Å²) in [6, 6.07) is 5.98. The standard InChI is InChI=1S/C16H22Cl2N2O2/c1-19(11-16(21)22)15-3-2-5-20(6-4-15)10-12-7-13(17)9-14(18)8-12/h7-9,15H,2-6,10-11H2,1H3,(H,21,22). The molecule has 1 atom stereocenters. The van der Waals surface area contributed by atoms with Gasteiger partial charge < -0.3 is 5.11 Å². The molecule has 6 heteroatoms. The second-order valence-electron chi connectivity index (χ2n) is 5.95. The molecule has 1 aromatic carbocycles. The molecule has 1 aliphatic rings. The first-order valence-corrected chi connectivity index (χ1v) is 8.29. The lowest BCUT2D eigenvalue weighted by molar-refractivity contribution is -0.138. The van der Waals surface area contributed by atoms with Crippen molar-refractivity contribution in [3.05, 3.63) is 33.8 Å². The molecule has 0 aromatic heterocycles. The normalized spacial score (nSPS) is 20.1. The van der Waals surface area contributed by atoms with Crippen molar-refractivity contribution in [2.24, 2.45) is 0 Å². The minimum atomic E-state index is -0.767. The Kier molecular flexibility index (Phi) is 6.50. The fraction of sp³-hybridized carbons (Fsp3) is 0.562. The zero-order valence-corrected chi connectivity index (χ0v) is 14.3. The van der Waals surface area contributed by atoms with Crippen molar-refractivity contribution in [3.8, 4) is 0 Å². The van der Waals surface area contributed by atoms with E-state index >= 15 is 0 Å². The van der Waals surface area contributed by atoms with Gasteiger partial charge >= 0.3 is 5.97 Å². The molecule has 1 aliphatic heterocycles. The summed E-state index contributed by atoms with van der Waals surface area (Å²) < 4.78 is 0. The lowest BCUT2D eigenvalue weighted by Crippen LogP contribution is -2.36. The van der Waals surface area contributed by atoms with Crippen LogP contribution in [0.1, 0.15) is 24.8 Å². The molecule has 0 radical (unpaired) electrons. The number of likely N-dealkylation sites (N-methyl/N-ethyl adjacent to an activating group) is 1. The van der Waals surface area contributed by atoms with Crippen molar-refractivity contribution < 1.29 is 9.90 Å². The van der Waals surface area contributed by atoms with Crippen LogP contribution in [0.5, 0.6) is 0 Å². The Morgan fingerprint density at radius 2 is 1.95 bits per heavy atom. The highest BCUT2D eigenvalue weighted by Gasteiger charge is 2.21. The van der Waals surface area contributed by atoms with Gasteiger partial charge in [-0.1, -0.05) is 23.2 Å². The molecule has 1 N–H and O–H groups in total. The third-order valence-electron chi connectivity index (χ3n) is 4.13. The van der Waals surface area contributed by atoms with E-state index < -0.39 is 5.97 Å². The number of halogens is 2. The highest BCUT2D eigenvalue weighted by Crippen LogP contribution is 2.22. The Balaban J connectivity index is 1.91. The maximum absolute atomic E-state index is 10.8. The quantitative estimate of drug-likeness (QED) is 0.889. The third kappa shape index (κ3) is 5.43. The second kappa shape index (κ2) is 8.16. The maximum atomic E-state index is 10.8. The van der Waals surface area contributed by atoms with Gasteiger partial charge in [-0.25, -0.2) is 0 Å². The summed E-state index contributed by atoms with van der Waals surface area (Å²) in [6.45, 7) is 2.91. The predicted octanol–water partition coefficient (Wildman–Crippen LogP) is 3.36. The number of benzene rings is 1. The average molecular weight is 345 g/mol. The average Bonchev–Trinajstić information content (AvgIpc) is 2.62. The molecular formula is C16H22Cl2N2O2. The van der Waals surface area contributed by atoms with Gasteiger partial charge in [0.25, 0.3) is 0 Å². The van der Waals surface area contributed by atoms with Crippen LogP contribution in [0.3, 0.4) is 0 Å². The van der Waals surface area contributed by atoms with Gasteiger partial charge in [-0.05, 0) is 63.2 Å². The van der Waals surface area contributed by atoms with Crippen molar-refractivity contribution >= 4 is 29.2 Å². The lowest BCUT2D eigenvalue weighted by Gasteiger charge is -2.25. The van der Waals surface area contributed by atoms with Crippen molar-refractivity contribution in [3.63, 3.8) is 0 Å². The van der Waals surface area contributed by atoms with Gasteiger partial charge in [-0.3, -0.25) is 14.6 Å². The largest absolute Gasteiger partial charge is 0.480 e. The van der Waals surface area contributed by atoms with Crippen molar-refractivity contribution in [2.45, 2.75) is 31.8 Å². The van der Waals surface area contributed by atoms with Crippen LogP contribution in [0.4, 0.5) is 0 Å². The SMILES string of the molecule is CN(CC(=O)O)C1CCCN(Cc2cc(Cl)cc(Cl)c2)CC1. The van der Waals surface area contributed by atoms with Crippen LogP contribution in [-0.2, 0) is 11.3 Å². The van der Waals surface area contributed by atoms with Crippen molar-refractivity contribution in [1.29, 1.82) is 0 Å². The molecule has 0 saturated carbocycles. The Labute approximate surface area is 141 Å².